The van der Waals surface area contributed by atoms with Crippen LogP contribution in [0.3, 0.4) is 0 Å². The third kappa shape index (κ3) is 6.25. The van der Waals surface area contributed by atoms with Gasteiger partial charge >= 0.3 is 12.2 Å². The summed E-state index contributed by atoms with van der Waals surface area (Å²) in [6.07, 6.45) is -2.19. The van der Waals surface area contributed by atoms with Gasteiger partial charge in [-0.1, -0.05) is 18.2 Å². The molecule has 1 aliphatic rings. The van der Waals surface area contributed by atoms with Gasteiger partial charge in [0, 0.05) is 17.9 Å². The first-order valence-electron chi connectivity index (χ1n) is 9.45. The monoisotopic (exact) mass is 436 g/mol. The van der Waals surface area contributed by atoms with Crippen molar-refractivity contribution >= 4 is 35.3 Å². The Kier molecular flexibility index (Phi) is 7.88. The Labute approximate surface area is 180 Å². The van der Waals surface area contributed by atoms with Crippen molar-refractivity contribution in [1.29, 1.82) is 0 Å². The number of nitrogens with one attached hydrogen (secondary N) is 1. The van der Waals surface area contributed by atoms with Gasteiger partial charge in [0.05, 0.1) is 29.2 Å². The minimum Gasteiger partial charge on any atom is -0.445 e. The average molecular weight is 437 g/mol. The van der Waals surface area contributed by atoms with Crippen LogP contribution in [-0.2, 0) is 19.0 Å². The van der Waals surface area contributed by atoms with Gasteiger partial charge in [0.2, 0.25) is 0 Å². The lowest BCUT2D eigenvalue weighted by Gasteiger charge is -2.27. The first-order chi connectivity index (χ1) is 14.1. The van der Waals surface area contributed by atoms with Crippen LogP contribution in [-0.4, -0.2) is 35.2 Å². The number of ether oxygens (including phenoxy) is 3. The molecule has 9 heteroatoms. The van der Waals surface area contributed by atoms with Crippen LogP contribution in [0.4, 0.5) is 15.3 Å². The van der Waals surface area contributed by atoms with Crippen molar-refractivity contribution in [3.8, 4) is 0 Å². The summed E-state index contributed by atoms with van der Waals surface area (Å²) >= 11 is 5.91. The predicted octanol–water partition coefficient (Wildman–Crippen LogP) is 5.21. The quantitative estimate of drug-likeness (QED) is 0.463. The fraction of sp³-hybridized carbons (Fsp3) is 0.381. The van der Waals surface area contributed by atoms with E-state index in [1.54, 1.807) is 52.0 Å². The van der Waals surface area contributed by atoms with Crippen molar-refractivity contribution in [3.63, 3.8) is 0 Å². The van der Waals surface area contributed by atoms with E-state index in [1.807, 2.05) is 0 Å². The van der Waals surface area contributed by atoms with Crippen LogP contribution in [0, 0.1) is 0 Å². The number of carbonyl (C=O) groups excluding carboxylic acids is 3. The molecule has 0 radical (unpaired) electrons. The number of hydrogen-bond acceptors (Lipinski definition) is 7. The van der Waals surface area contributed by atoms with E-state index < -0.39 is 18.4 Å². The standard InChI is InChI=1S/C21H25ClN2O6/c1-12(2)28-20(26)24(23-16-8-6-15(22)7-9-16)14(5)19-17(25)10-11-18(19)30-21(27)29-13(3)4/h6-9,12-13,23H,5,10-11H2,1-4H3. The minimum absolute atomic E-state index is 0.00885. The first-order valence-corrected chi connectivity index (χ1v) is 9.83. The molecule has 0 heterocycles. The number of ketones is 1. The molecule has 0 saturated carbocycles. The molecule has 1 aromatic rings. The van der Waals surface area contributed by atoms with Crippen LogP contribution in [0.15, 0.2) is 47.9 Å². The van der Waals surface area contributed by atoms with Crippen molar-refractivity contribution in [1.82, 2.24) is 5.01 Å². The fourth-order valence-corrected chi connectivity index (χ4v) is 2.74. The molecule has 0 saturated heterocycles. The van der Waals surface area contributed by atoms with Crippen LogP contribution >= 0.6 is 11.6 Å². The maximum Gasteiger partial charge on any atom is 0.513 e. The molecule has 1 aliphatic carbocycles. The van der Waals surface area contributed by atoms with Crippen LogP contribution < -0.4 is 5.43 Å². The molecule has 0 aliphatic heterocycles. The van der Waals surface area contributed by atoms with Gasteiger partial charge in [-0.3, -0.25) is 10.2 Å². The van der Waals surface area contributed by atoms with Crippen molar-refractivity contribution in [3.05, 3.63) is 52.9 Å². The maximum atomic E-state index is 12.7. The molecule has 0 unspecified atom stereocenters. The lowest BCUT2D eigenvalue weighted by Crippen LogP contribution is -2.38. The smallest absolute Gasteiger partial charge is 0.445 e. The SMILES string of the molecule is C=C(C1=C(OC(=O)OC(C)C)CCC1=O)N(Nc1ccc(Cl)cc1)C(=O)OC(C)C. The number of allylic oxidation sites excluding steroid dienone is 2. The molecule has 0 fully saturated rings. The number of hydrazine groups is 1. The molecular weight excluding hydrogens is 412 g/mol. The second kappa shape index (κ2) is 10.2. The molecule has 30 heavy (non-hydrogen) atoms. The lowest BCUT2D eigenvalue weighted by molar-refractivity contribution is -0.114. The predicted molar refractivity (Wildman–Crippen MR) is 112 cm³/mol. The summed E-state index contributed by atoms with van der Waals surface area (Å²) in [4.78, 5) is 37.1. The molecule has 2 rings (SSSR count). The first kappa shape index (κ1) is 23.3. The summed E-state index contributed by atoms with van der Waals surface area (Å²) in [6, 6.07) is 6.56. The van der Waals surface area contributed by atoms with E-state index in [9.17, 15) is 14.4 Å². The number of rotatable bonds is 7. The second-order valence-corrected chi connectivity index (χ2v) is 7.51. The Hall–Kier alpha value is -3.00. The van der Waals surface area contributed by atoms with Gasteiger partial charge in [-0.05, 0) is 52.0 Å². The Balaban J connectivity index is 2.34. The summed E-state index contributed by atoms with van der Waals surface area (Å²) in [7, 11) is 0. The Morgan fingerprint density at radius 2 is 1.67 bits per heavy atom. The summed E-state index contributed by atoms with van der Waals surface area (Å²) in [5, 5.41) is 1.52. The van der Waals surface area contributed by atoms with Gasteiger partial charge in [0.1, 0.15) is 5.76 Å². The summed E-state index contributed by atoms with van der Waals surface area (Å²) in [5.74, 6) is -0.219. The average Bonchev–Trinajstić information content (AvgIpc) is 2.99. The van der Waals surface area contributed by atoms with Crippen molar-refractivity contribution in [2.24, 2.45) is 0 Å². The normalized spacial score (nSPS) is 13.5. The van der Waals surface area contributed by atoms with Gasteiger partial charge < -0.3 is 14.2 Å². The largest absolute Gasteiger partial charge is 0.513 e. The summed E-state index contributed by atoms with van der Waals surface area (Å²) in [6.45, 7) is 10.6. The van der Waals surface area contributed by atoms with Crippen molar-refractivity contribution < 1.29 is 28.6 Å². The van der Waals surface area contributed by atoms with E-state index in [1.165, 1.54) is 0 Å². The third-order valence-corrected chi connectivity index (χ3v) is 4.09. The van der Waals surface area contributed by atoms with E-state index in [0.717, 1.165) is 5.01 Å². The third-order valence-electron chi connectivity index (χ3n) is 3.84. The minimum atomic E-state index is -0.929. The topological polar surface area (TPSA) is 94.2 Å². The number of anilines is 1. The van der Waals surface area contributed by atoms with E-state index in [4.69, 9.17) is 25.8 Å². The molecule has 1 amide bonds. The van der Waals surface area contributed by atoms with E-state index in [0.29, 0.717) is 10.7 Å². The highest BCUT2D eigenvalue weighted by molar-refractivity contribution is 6.30. The van der Waals surface area contributed by atoms with Crippen molar-refractivity contribution in [2.75, 3.05) is 5.43 Å². The van der Waals surface area contributed by atoms with Crippen LogP contribution in [0.1, 0.15) is 40.5 Å². The van der Waals surface area contributed by atoms with Gasteiger partial charge in [-0.15, -0.1) is 0 Å². The van der Waals surface area contributed by atoms with Gasteiger partial charge in [0.25, 0.3) is 0 Å². The number of benzene rings is 1. The molecule has 0 spiro atoms. The van der Waals surface area contributed by atoms with E-state index in [2.05, 4.69) is 12.0 Å². The van der Waals surface area contributed by atoms with Gasteiger partial charge in [-0.2, -0.15) is 5.01 Å². The number of hydrogen-bond donors (Lipinski definition) is 1. The lowest BCUT2D eigenvalue weighted by atomic mass is 10.1. The van der Waals surface area contributed by atoms with Crippen LogP contribution in [0.5, 0.6) is 0 Å². The van der Waals surface area contributed by atoms with Crippen LogP contribution in [0.2, 0.25) is 5.02 Å². The van der Waals surface area contributed by atoms with Gasteiger partial charge in [0.15, 0.2) is 5.78 Å². The Bertz CT molecular complexity index is 861. The number of Topliss-reactive ketones (excluding diaryl/α,β-unsaturated/α-hetero) is 1. The molecule has 8 nitrogen and oxygen atoms in total. The fourth-order valence-electron chi connectivity index (χ4n) is 2.62. The zero-order valence-corrected chi connectivity index (χ0v) is 18.1. The van der Waals surface area contributed by atoms with Crippen molar-refractivity contribution in [2.45, 2.75) is 52.7 Å². The van der Waals surface area contributed by atoms with E-state index >= 15 is 0 Å². The Morgan fingerprint density at radius 1 is 1.07 bits per heavy atom. The van der Waals surface area contributed by atoms with E-state index in [-0.39, 0.29) is 41.8 Å². The molecule has 0 aromatic heterocycles. The highest BCUT2D eigenvalue weighted by Crippen LogP contribution is 2.31. The zero-order valence-electron chi connectivity index (χ0n) is 17.4. The number of amides is 1. The summed E-state index contributed by atoms with van der Waals surface area (Å²) in [5.41, 5.74) is 3.38. The second-order valence-electron chi connectivity index (χ2n) is 7.07. The van der Waals surface area contributed by atoms with Gasteiger partial charge in [-0.25, -0.2) is 9.59 Å². The number of halogens is 1. The maximum absolute atomic E-state index is 12.7. The Morgan fingerprint density at radius 3 is 2.23 bits per heavy atom. The molecule has 0 bridgehead atoms. The van der Waals surface area contributed by atoms with Crippen LogP contribution in [0.25, 0.3) is 0 Å². The molecule has 0 atom stereocenters. The highest BCUT2D eigenvalue weighted by atomic mass is 35.5. The molecule has 162 valence electrons. The molecule has 1 aromatic carbocycles. The zero-order chi connectivity index (χ0) is 22.4. The number of carbonyl (C=O) groups is 3. The summed E-state index contributed by atoms with van der Waals surface area (Å²) < 4.78 is 15.5. The number of nitrogens with zero attached hydrogens (tertiary/aromatic N) is 1. The molecule has 1 N–H and O–H groups in total. The molecular formula is C21H25ClN2O6. The highest BCUT2D eigenvalue weighted by Gasteiger charge is 2.34.